The van der Waals surface area contributed by atoms with E-state index < -0.39 is 24.4 Å². The van der Waals surface area contributed by atoms with Crippen LogP contribution in [0.5, 0.6) is 0 Å². The maximum absolute atomic E-state index is 12.9. The van der Waals surface area contributed by atoms with Crippen LogP contribution in [0.4, 0.5) is 5.00 Å². The third-order valence-electron chi connectivity index (χ3n) is 4.60. The van der Waals surface area contributed by atoms with Gasteiger partial charge in [0.05, 0.1) is 22.3 Å². The van der Waals surface area contributed by atoms with Crippen LogP contribution >= 0.6 is 22.9 Å². The number of para-hydroxylation sites is 1. The van der Waals surface area contributed by atoms with Gasteiger partial charge in [0.15, 0.2) is 6.61 Å². The number of esters is 1. The summed E-state index contributed by atoms with van der Waals surface area (Å²) < 4.78 is 5.24. The highest BCUT2D eigenvalue weighted by Crippen LogP contribution is 2.30. The number of rotatable bonds is 6. The number of halogens is 1. The van der Waals surface area contributed by atoms with Gasteiger partial charge in [0.2, 0.25) is 0 Å². The van der Waals surface area contributed by atoms with Crippen molar-refractivity contribution in [1.29, 1.82) is 0 Å². The number of anilines is 1. The van der Waals surface area contributed by atoms with E-state index in [1.807, 2.05) is 12.1 Å². The Morgan fingerprint density at radius 2 is 1.78 bits per heavy atom. The molecule has 2 aromatic heterocycles. The molecule has 4 aromatic rings. The fourth-order valence-electron chi connectivity index (χ4n) is 3.12. The largest absolute Gasteiger partial charge is 0.452 e. The number of ether oxygens (including phenoxy) is 1. The molecule has 0 radical (unpaired) electrons. The molecule has 0 atom stereocenters. The molecule has 9 heteroatoms. The molecule has 2 amide bonds. The highest BCUT2D eigenvalue weighted by Gasteiger charge is 2.18. The molecule has 4 rings (SSSR count). The second-order valence-electron chi connectivity index (χ2n) is 6.70. The van der Waals surface area contributed by atoms with Crippen molar-refractivity contribution in [2.75, 3.05) is 11.9 Å². The number of hydrogen-bond donors (Lipinski definition) is 2. The van der Waals surface area contributed by atoms with Crippen molar-refractivity contribution in [3.8, 4) is 11.3 Å². The lowest BCUT2D eigenvalue weighted by Gasteiger charge is -2.11. The highest BCUT2D eigenvalue weighted by atomic mass is 35.5. The number of aromatic nitrogens is 1. The molecular weight excluding hydrogens is 450 g/mol. The van der Waals surface area contributed by atoms with Crippen LogP contribution in [0.25, 0.3) is 22.2 Å². The number of benzene rings is 2. The predicted molar refractivity (Wildman–Crippen MR) is 124 cm³/mol. The number of fused-ring (bicyclic) bond motifs is 1. The monoisotopic (exact) mass is 465 g/mol. The van der Waals surface area contributed by atoms with Crippen LogP contribution in [0.15, 0.2) is 66.0 Å². The quantitative estimate of drug-likeness (QED) is 0.407. The van der Waals surface area contributed by atoms with Gasteiger partial charge in [-0.05, 0) is 29.6 Å². The van der Waals surface area contributed by atoms with Gasteiger partial charge in [0, 0.05) is 16.0 Å². The van der Waals surface area contributed by atoms with E-state index in [4.69, 9.17) is 22.1 Å². The fourth-order valence-corrected chi connectivity index (χ4v) is 4.16. The number of thiophene rings is 1. The number of nitrogens with zero attached hydrogens (tertiary/aromatic N) is 1. The minimum absolute atomic E-state index is 0.194. The average molecular weight is 466 g/mol. The average Bonchev–Trinajstić information content (AvgIpc) is 3.25. The molecule has 160 valence electrons. The van der Waals surface area contributed by atoms with Gasteiger partial charge in [0.25, 0.3) is 11.8 Å². The number of pyridine rings is 1. The summed E-state index contributed by atoms with van der Waals surface area (Å²) in [6.45, 7) is -0.535. The number of amides is 2. The van der Waals surface area contributed by atoms with E-state index in [1.165, 1.54) is 6.07 Å². The summed E-state index contributed by atoms with van der Waals surface area (Å²) >= 11 is 7.45. The minimum Gasteiger partial charge on any atom is -0.452 e. The van der Waals surface area contributed by atoms with Crippen LogP contribution in [0.1, 0.15) is 20.7 Å². The third-order valence-corrected chi connectivity index (χ3v) is 5.76. The molecule has 2 aromatic carbocycles. The fraction of sp³-hybridized carbons (Fsp3) is 0.0435. The van der Waals surface area contributed by atoms with Crippen molar-refractivity contribution in [3.05, 3.63) is 82.2 Å². The number of carbonyl (C=O) groups excluding carboxylic acids is 3. The van der Waals surface area contributed by atoms with Gasteiger partial charge < -0.3 is 15.8 Å². The Kier molecular flexibility index (Phi) is 6.16. The highest BCUT2D eigenvalue weighted by molar-refractivity contribution is 7.14. The smallest absolute Gasteiger partial charge is 0.339 e. The molecule has 0 saturated heterocycles. The summed E-state index contributed by atoms with van der Waals surface area (Å²) in [5, 5.41) is 5.54. The molecule has 0 aliphatic rings. The summed E-state index contributed by atoms with van der Waals surface area (Å²) in [6.07, 6.45) is 0. The lowest BCUT2D eigenvalue weighted by atomic mass is 10.0. The number of nitrogens with two attached hydrogens (primary N) is 1. The maximum Gasteiger partial charge on any atom is 0.339 e. The molecule has 3 N–H and O–H groups in total. The zero-order valence-corrected chi connectivity index (χ0v) is 18.1. The SMILES string of the molecule is NC(=O)c1ccsc1NC(=O)COC(=O)c1cc(-c2ccccc2Cl)nc2ccccc12. The van der Waals surface area contributed by atoms with Crippen molar-refractivity contribution in [2.45, 2.75) is 0 Å². The van der Waals surface area contributed by atoms with E-state index in [-0.39, 0.29) is 11.1 Å². The van der Waals surface area contributed by atoms with E-state index in [0.717, 1.165) is 11.3 Å². The van der Waals surface area contributed by atoms with E-state index in [1.54, 1.807) is 47.8 Å². The van der Waals surface area contributed by atoms with Gasteiger partial charge in [-0.15, -0.1) is 11.3 Å². The van der Waals surface area contributed by atoms with Crippen LogP contribution < -0.4 is 11.1 Å². The molecule has 0 fully saturated rings. The van der Waals surface area contributed by atoms with Gasteiger partial charge in [0.1, 0.15) is 5.00 Å². The standard InChI is InChI=1S/C23H16ClN3O4S/c24-17-7-3-1-6-14(17)19-11-16(13-5-2-4-8-18(13)26-19)23(30)31-12-20(28)27-22-15(21(25)29)9-10-32-22/h1-11H,12H2,(H2,25,29)(H,27,28). The van der Waals surface area contributed by atoms with E-state index >= 15 is 0 Å². The van der Waals surface area contributed by atoms with E-state index in [9.17, 15) is 14.4 Å². The molecule has 0 aliphatic heterocycles. The topological polar surface area (TPSA) is 111 Å². The lowest BCUT2D eigenvalue weighted by molar-refractivity contribution is -0.119. The Labute approximate surface area is 191 Å². The molecule has 0 saturated carbocycles. The minimum atomic E-state index is -0.687. The summed E-state index contributed by atoms with van der Waals surface area (Å²) in [7, 11) is 0. The number of hydrogen-bond acceptors (Lipinski definition) is 6. The van der Waals surface area contributed by atoms with Gasteiger partial charge in [-0.3, -0.25) is 9.59 Å². The zero-order chi connectivity index (χ0) is 22.7. The predicted octanol–water partition coefficient (Wildman–Crippen LogP) is 4.51. The summed E-state index contributed by atoms with van der Waals surface area (Å²) in [4.78, 5) is 41.1. The molecule has 2 heterocycles. The number of carbonyl (C=O) groups is 3. The summed E-state index contributed by atoms with van der Waals surface area (Å²) in [5.74, 6) is -1.93. The van der Waals surface area contributed by atoms with Gasteiger partial charge in [-0.1, -0.05) is 48.0 Å². The van der Waals surface area contributed by atoms with Gasteiger partial charge in [-0.25, -0.2) is 9.78 Å². The first-order valence-electron chi connectivity index (χ1n) is 9.43. The second kappa shape index (κ2) is 9.17. The maximum atomic E-state index is 12.9. The van der Waals surface area contributed by atoms with Crippen molar-refractivity contribution in [3.63, 3.8) is 0 Å². The van der Waals surface area contributed by atoms with Crippen LogP contribution in [-0.4, -0.2) is 29.4 Å². The molecule has 0 unspecified atom stereocenters. The van der Waals surface area contributed by atoms with Gasteiger partial charge >= 0.3 is 5.97 Å². The first-order valence-corrected chi connectivity index (χ1v) is 10.7. The first-order chi connectivity index (χ1) is 15.4. The molecular formula is C23H16ClN3O4S. The summed E-state index contributed by atoms with van der Waals surface area (Å²) in [6, 6.07) is 17.4. The number of primary amides is 1. The van der Waals surface area contributed by atoms with Crippen molar-refractivity contribution in [1.82, 2.24) is 4.98 Å². The second-order valence-corrected chi connectivity index (χ2v) is 8.03. The normalized spacial score (nSPS) is 10.7. The first kappa shape index (κ1) is 21.5. The molecule has 0 bridgehead atoms. The molecule has 7 nitrogen and oxygen atoms in total. The van der Waals surface area contributed by atoms with Gasteiger partial charge in [-0.2, -0.15) is 0 Å². The van der Waals surface area contributed by atoms with E-state index in [0.29, 0.717) is 32.2 Å². The van der Waals surface area contributed by atoms with Crippen LogP contribution in [0.2, 0.25) is 5.02 Å². The Balaban J connectivity index is 1.58. The Morgan fingerprint density at radius 3 is 2.56 bits per heavy atom. The van der Waals surface area contributed by atoms with Crippen LogP contribution in [-0.2, 0) is 9.53 Å². The van der Waals surface area contributed by atoms with Crippen molar-refractivity contribution < 1.29 is 19.1 Å². The van der Waals surface area contributed by atoms with Crippen molar-refractivity contribution in [2.24, 2.45) is 5.73 Å². The number of nitrogens with one attached hydrogen (secondary N) is 1. The van der Waals surface area contributed by atoms with Crippen LogP contribution in [0, 0.1) is 0 Å². The lowest BCUT2D eigenvalue weighted by Crippen LogP contribution is -2.22. The molecule has 32 heavy (non-hydrogen) atoms. The van der Waals surface area contributed by atoms with Crippen LogP contribution in [0.3, 0.4) is 0 Å². The van der Waals surface area contributed by atoms with Crippen molar-refractivity contribution >= 4 is 56.6 Å². The third kappa shape index (κ3) is 4.46. The Hall–Kier alpha value is -3.75. The zero-order valence-electron chi connectivity index (χ0n) is 16.5. The summed E-state index contributed by atoms with van der Waals surface area (Å²) in [5.41, 5.74) is 7.49. The molecule has 0 aliphatic carbocycles. The Bertz CT molecular complexity index is 1350. The van der Waals surface area contributed by atoms with E-state index in [2.05, 4.69) is 10.3 Å². The Morgan fingerprint density at radius 1 is 1.03 bits per heavy atom. The molecule has 0 spiro atoms.